The summed E-state index contributed by atoms with van der Waals surface area (Å²) in [7, 11) is 1.55. The van der Waals surface area contributed by atoms with Gasteiger partial charge in [0.15, 0.2) is 5.41 Å². The summed E-state index contributed by atoms with van der Waals surface area (Å²) in [5.41, 5.74) is -0.635. The van der Waals surface area contributed by atoms with E-state index in [1.165, 1.54) is 6.92 Å². The van der Waals surface area contributed by atoms with Gasteiger partial charge in [0.1, 0.15) is 5.75 Å². The van der Waals surface area contributed by atoms with E-state index in [2.05, 4.69) is 0 Å². The van der Waals surface area contributed by atoms with Gasteiger partial charge in [-0.15, -0.1) is 0 Å². The predicted molar refractivity (Wildman–Crippen MR) is 78.1 cm³/mol. The smallest absolute Gasteiger partial charge is 0.323 e. The SMILES string of the molecule is CCOC(=O)C(C)(Cc1ccccc1OC)C(=O)OCC. The third-order valence-corrected chi connectivity index (χ3v) is 3.19. The van der Waals surface area contributed by atoms with Crippen molar-refractivity contribution in [3.63, 3.8) is 0 Å². The van der Waals surface area contributed by atoms with Crippen LogP contribution in [0, 0.1) is 5.41 Å². The molecule has 0 aliphatic heterocycles. The number of rotatable bonds is 7. The molecule has 0 saturated carbocycles. The minimum atomic E-state index is -1.39. The number of ether oxygens (including phenoxy) is 3. The van der Waals surface area contributed by atoms with Crippen molar-refractivity contribution in [1.29, 1.82) is 0 Å². The highest BCUT2D eigenvalue weighted by Gasteiger charge is 2.44. The van der Waals surface area contributed by atoms with E-state index in [0.717, 1.165) is 5.56 Å². The first-order valence-electron chi connectivity index (χ1n) is 6.95. The van der Waals surface area contributed by atoms with Crippen LogP contribution in [0.3, 0.4) is 0 Å². The molecule has 0 unspecified atom stereocenters. The number of para-hydroxylation sites is 1. The van der Waals surface area contributed by atoms with Gasteiger partial charge in [0.05, 0.1) is 20.3 Å². The predicted octanol–water partition coefficient (Wildman–Crippen LogP) is 2.37. The number of carbonyl (C=O) groups is 2. The van der Waals surface area contributed by atoms with Gasteiger partial charge >= 0.3 is 11.9 Å². The summed E-state index contributed by atoms with van der Waals surface area (Å²) in [6.45, 7) is 5.36. The van der Waals surface area contributed by atoms with Crippen molar-refractivity contribution in [3.8, 4) is 5.75 Å². The summed E-state index contributed by atoms with van der Waals surface area (Å²) < 4.78 is 15.3. The second-order valence-corrected chi connectivity index (χ2v) is 4.76. The Balaban J connectivity index is 3.12. The Bertz CT molecular complexity index is 477. The number of carbonyl (C=O) groups excluding carboxylic acids is 2. The van der Waals surface area contributed by atoms with Crippen LogP contribution in [0.5, 0.6) is 5.75 Å². The molecule has 5 nitrogen and oxygen atoms in total. The molecular formula is C16H22O5. The lowest BCUT2D eigenvalue weighted by atomic mass is 9.83. The summed E-state index contributed by atoms with van der Waals surface area (Å²) in [6, 6.07) is 7.25. The van der Waals surface area contributed by atoms with Gasteiger partial charge in [-0.25, -0.2) is 0 Å². The van der Waals surface area contributed by atoms with Crippen molar-refractivity contribution >= 4 is 11.9 Å². The van der Waals surface area contributed by atoms with E-state index >= 15 is 0 Å². The third kappa shape index (κ3) is 3.97. The van der Waals surface area contributed by atoms with Crippen LogP contribution in [-0.4, -0.2) is 32.3 Å². The Labute approximate surface area is 125 Å². The first kappa shape index (κ1) is 17.0. The molecule has 5 heteroatoms. The summed E-state index contributed by atoms with van der Waals surface area (Å²) in [4.78, 5) is 24.4. The number of esters is 2. The fourth-order valence-electron chi connectivity index (χ4n) is 2.04. The van der Waals surface area contributed by atoms with Gasteiger partial charge in [0.2, 0.25) is 0 Å². The maximum Gasteiger partial charge on any atom is 0.323 e. The van der Waals surface area contributed by atoms with Gasteiger partial charge in [-0.2, -0.15) is 0 Å². The van der Waals surface area contributed by atoms with E-state index in [-0.39, 0.29) is 19.6 Å². The normalized spacial score (nSPS) is 10.9. The van der Waals surface area contributed by atoms with Crippen molar-refractivity contribution in [1.82, 2.24) is 0 Å². The van der Waals surface area contributed by atoms with E-state index in [1.807, 2.05) is 18.2 Å². The average Bonchev–Trinajstić information content (AvgIpc) is 2.48. The van der Waals surface area contributed by atoms with Crippen LogP contribution in [0.2, 0.25) is 0 Å². The van der Waals surface area contributed by atoms with E-state index in [0.29, 0.717) is 5.75 Å². The van der Waals surface area contributed by atoms with Crippen LogP contribution in [0.25, 0.3) is 0 Å². The fraction of sp³-hybridized carbons (Fsp3) is 0.500. The number of hydrogen-bond donors (Lipinski definition) is 0. The zero-order valence-corrected chi connectivity index (χ0v) is 13.0. The monoisotopic (exact) mass is 294 g/mol. The number of methoxy groups -OCH3 is 1. The van der Waals surface area contributed by atoms with Crippen LogP contribution in [0.4, 0.5) is 0 Å². The van der Waals surface area contributed by atoms with Crippen LogP contribution >= 0.6 is 0 Å². The molecule has 0 aliphatic rings. The topological polar surface area (TPSA) is 61.8 Å². The first-order valence-corrected chi connectivity index (χ1v) is 6.95. The van der Waals surface area contributed by atoms with Crippen molar-refractivity contribution in [3.05, 3.63) is 29.8 Å². The minimum absolute atomic E-state index is 0.161. The molecule has 0 atom stereocenters. The van der Waals surface area contributed by atoms with Crippen molar-refractivity contribution in [2.45, 2.75) is 27.2 Å². The molecule has 0 amide bonds. The summed E-state index contributed by atoms with van der Waals surface area (Å²) in [5.74, 6) is -0.555. The Morgan fingerprint density at radius 1 is 1.05 bits per heavy atom. The Morgan fingerprint density at radius 2 is 1.57 bits per heavy atom. The standard InChI is InChI=1S/C16H22O5/c1-5-20-14(17)16(3,15(18)21-6-2)11-12-9-7-8-10-13(12)19-4/h7-10H,5-6,11H2,1-4H3. The molecular weight excluding hydrogens is 272 g/mol. The highest BCUT2D eigenvalue weighted by Crippen LogP contribution is 2.30. The van der Waals surface area contributed by atoms with Crippen molar-refractivity contribution in [2.24, 2.45) is 5.41 Å². The summed E-state index contributed by atoms with van der Waals surface area (Å²) >= 11 is 0. The van der Waals surface area contributed by atoms with Crippen LogP contribution in [-0.2, 0) is 25.5 Å². The van der Waals surface area contributed by atoms with Crippen molar-refractivity contribution in [2.75, 3.05) is 20.3 Å². The maximum absolute atomic E-state index is 12.2. The van der Waals surface area contributed by atoms with Crippen LogP contribution in [0.1, 0.15) is 26.3 Å². The van der Waals surface area contributed by atoms with E-state index < -0.39 is 17.4 Å². The Hall–Kier alpha value is -2.04. The molecule has 0 radical (unpaired) electrons. The fourth-order valence-corrected chi connectivity index (χ4v) is 2.04. The molecule has 0 fully saturated rings. The quantitative estimate of drug-likeness (QED) is 0.570. The van der Waals surface area contributed by atoms with Gasteiger partial charge < -0.3 is 14.2 Å². The zero-order valence-electron chi connectivity index (χ0n) is 13.0. The molecule has 1 aromatic rings. The molecule has 0 N–H and O–H groups in total. The minimum Gasteiger partial charge on any atom is -0.496 e. The molecule has 0 bridgehead atoms. The number of benzene rings is 1. The lowest BCUT2D eigenvalue weighted by molar-refractivity contribution is -0.170. The Kier molecular flexibility index (Phi) is 6.21. The molecule has 116 valence electrons. The van der Waals surface area contributed by atoms with Gasteiger partial charge in [-0.05, 0) is 32.4 Å². The summed E-state index contributed by atoms with van der Waals surface area (Å²) in [5, 5.41) is 0. The maximum atomic E-state index is 12.2. The van der Waals surface area contributed by atoms with E-state index in [4.69, 9.17) is 14.2 Å². The van der Waals surface area contributed by atoms with Gasteiger partial charge in [-0.3, -0.25) is 9.59 Å². The Morgan fingerprint density at radius 3 is 2.05 bits per heavy atom. The second-order valence-electron chi connectivity index (χ2n) is 4.76. The van der Waals surface area contributed by atoms with Crippen LogP contribution in [0.15, 0.2) is 24.3 Å². The zero-order chi connectivity index (χ0) is 15.9. The van der Waals surface area contributed by atoms with Gasteiger partial charge in [-0.1, -0.05) is 18.2 Å². The van der Waals surface area contributed by atoms with Gasteiger partial charge in [0.25, 0.3) is 0 Å². The molecule has 1 aromatic carbocycles. The molecule has 0 saturated heterocycles. The molecule has 0 aromatic heterocycles. The van der Waals surface area contributed by atoms with Gasteiger partial charge in [0, 0.05) is 6.42 Å². The van der Waals surface area contributed by atoms with E-state index in [1.54, 1.807) is 27.0 Å². The summed E-state index contributed by atoms with van der Waals surface area (Å²) in [6.07, 6.45) is 0.161. The lowest BCUT2D eigenvalue weighted by Crippen LogP contribution is -2.41. The van der Waals surface area contributed by atoms with E-state index in [9.17, 15) is 9.59 Å². The molecule has 1 rings (SSSR count). The third-order valence-electron chi connectivity index (χ3n) is 3.19. The molecule has 0 aliphatic carbocycles. The highest BCUT2D eigenvalue weighted by molar-refractivity contribution is 6.00. The molecule has 21 heavy (non-hydrogen) atoms. The van der Waals surface area contributed by atoms with Crippen molar-refractivity contribution < 1.29 is 23.8 Å². The average molecular weight is 294 g/mol. The highest BCUT2D eigenvalue weighted by atomic mass is 16.6. The molecule has 0 heterocycles. The first-order chi connectivity index (χ1) is 9.99. The van der Waals surface area contributed by atoms with Crippen LogP contribution < -0.4 is 4.74 Å². The lowest BCUT2D eigenvalue weighted by Gasteiger charge is -2.25. The number of hydrogen-bond acceptors (Lipinski definition) is 5. The molecule has 0 spiro atoms. The largest absolute Gasteiger partial charge is 0.496 e. The second kappa shape index (κ2) is 7.67.